The van der Waals surface area contributed by atoms with Crippen LogP contribution in [0.1, 0.15) is 5.56 Å². The lowest BCUT2D eigenvalue weighted by Crippen LogP contribution is -2.06. The Bertz CT molecular complexity index is 790. The maximum absolute atomic E-state index is 11.8. The van der Waals surface area contributed by atoms with Gasteiger partial charge in [0.1, 0.15) is 17.9 Å². The summed E-state index contributed by atoms with van der Waals surface area (Å²) < 4.78 is 10.6. The highest BCUT2D eigenvalue weighted by molar-refractivity contribution is 5.78. The zero-order valence-corrected chi connectivity index (χ0v) is 10.6. The zero-order chi connectivity index (χ0) is 13.9. The van der Waals surface area contributed by atoms with Crippen molar-refractivity contribution in [2.45, 2.75) is 6.61 Å². The molecule has 3 rings (SSSR count). The molecule has 100 valence electrons. The molecule has 0 amide bonds. The maximum atomic E-state index is 11.8. The van der Waals surface area contributed by atoms with Crippen molar-refractivity contribution in [1.82, 2.24) is 0 Å². The van der Waals surface area contributed by atoms with E-state index in [0.717, 1.165) is 5.56 Å². The molecule has 2 aromatic carbocycles. The molecule has 0 fully saturated rings. The first-order valence-corrected chi connectivity index (χ1v) is 6.16. The average molecular weight is 268 g/mol. The van der Waals surface area contributed by atoms with Gasteiger partial charge in [-0.1, -0.05) is 30.3 Å². The standard InChI is InChI=1S/C16H12O4/c17-13-7-6-12-8-15(16(18)20-14(12)9-13)19-10-11-4-2-1-3-5-11/h1-9,17H,10H2. The van der Waals surface area contributed by atoms with Crippen LogP contribution in [-0.2, 0) is 6.61 Å². The Labute approximate surface area is 114 Å². The molecule has 4 nitrogen and oxygen atoms in total. The Morgan fingerprint density at radius 3 is 2.65 bits per heavy atom. The van der Waals surface area contributed by atoms with Gasteiger partial charge in [-0.25, -0.2) is 4.79 Å². The molecule has 20 heavy (non-hydrogen) atoms. The summed E-state index contributed by atoms with van der Waals surface area (Å²) in [6.45, 7) is 0.301. The van der Waals surface area contributed by atoms with E-state index in [1.807, 2.05) is 30.3 Å². The van der Waals surface area contributed by atoms with Crippen molar-refractivity contribution in [3.8, 4) is 11.5 Å². The Morgan fingerprint density at radius 1 is 1.05 bits per heavy atom. The van der Waals surface area contributed by atoms with Gasteiger partial charge in [0.2, 0.25) is 5.75 Å². The predicted molar refractivity (Wildman–Crippen MR) is 74.9 cm³/mol. The lowest BCUT2D eigenvalue weighted by Gasteiger charge is -2.06. The van der Waals surface area contributed by atoms with E-state index in [1.54, 1.807) is 12.1 Å². The SMILES string of the molecule is O=c1oc2cc(O)ccc2cc1OCc1ccccc1. The number of phenolic OH excluding ortho intramolecular Hbond substituents is 1. The van der Waals surface area contributed by atoms with Crippen LogP contribution >= 0.6 is 0 Å². The highest BCUT2D eigenvalue weighted by Crippen LogP contribution is 2.21. The van der Waals surface area contributed by atoms with Gasteiger partial charge in [-0.3, -0.25) is 0 Å². The van der Waals surface area contributed by atoms with Gasteiger partial charge in [0.15, 0.2) is 0 Å². The monoisotopic (exact) mass is 268 g/mol. The highest BCUT2D eigenvalue weighted by Gasteiger charge is 2.07. The van der Waals surface area contributed by atoms with Gasteiger partial charge >= 0.3 is 5.63 Å². The van der Waals surface area contributed by atoms with Gasteiger partial charge in [0, 0.05) is 11.5 Å². The van der Waals surface area contributed by atoms with Crippen LogP contribution in [0.25, 0.3) is 11.0 Å². The minimum Gasteiger partial charge on any atom is -0.508 e. The van der Waals surface area contributed by atoms with Crippen molar-refractivity contribution < 1.29 is 14.3 Å². The summed E-state index contributed by atoms with van der Waals surface area (Å²) in [5.74, 6) is 0.214. The topological polar surface area (TPSA) is 59.7 Å². The molecule has 0 radical (unpaired) electrons. The largest absolute Gasteiger partial charge is 0.508 e. The second-order valence-electron chi connectivity index (χ2n) is 4.39. The fourth-order valence-corrected chi connectivity index (χ4v) is 1.92. The van der Waals surface area contributed by atoms with Crippen LogP contribution in [0.4, 0.5) is 0 Å². The van der Waals surface area contributed by atoms with Gasteiger partial charge in [0.25, 0.3) is 0 Å². The van der Waals surface area contributed by atoms with E-state index < -0.39 is 5.63 Å². The van der Waals surface area contributed by atoms with E-state index in [4.69, 9.17) is 9.15 Å². The van der Waals surface area contributed by atoms with Crippen LogP contribution in [0.2, 0.25) is 0 Å². The molecule has 0 atom stereocenters. The molecule has 3 aromatic rings. The molecule has 0 aliphatic heterocycles. The van der Waals surface area contributed by atoms with Gasteiger partial charge in [-0.05, 0) is 23.8 Å². The number of hydrogen-bond donors (Lipinski definition) is 1. The fraction of sp³-hybridized carbons (Fsp3) is 0.0625. The summed E-state index contributed by atoms with van der Waals surface area (Å²) >= 11 is 0. The molecule has 0 saturated carbocycles. The average Bonchev–Trinajstić information content (AvgIpc) is 2.46. The second-order valence-corrected chi connectivity index (χ2v) is 4.39. The van der Waals surface area contributed by atoms with E-state index in [0.29, 0.717) is 17.6 Å². The van der Waals surface area contributed by atoms with E-state index in [2.05, 4.69) is 0 Å². The molecule has 1 heterocycles. The quantitative estimate of drug-likeness (QED) is 0.741. The zero-order valence-electron chi connectivity index (χ0n) is 10.6. The van der Waals surface area contributed by atoms with Crippen LogP contribution < -0.4 is 10.4 Å². The van der Waals surface area contributed by atoms with Crippen LogP contribution in [0, 0.1) is 0 Å². The molecule has 0 aliphatic rings. The third kappa shape index (κ3) is 2.49. The van der Waals surface area contributed by atoms with E-state index in [1.165, 1.54) is 12.1 Å². The number of benzene rings is 2. The molecule has 0 bridgehead atoms. The summed E-state index contributed by atoms with van der Waals surface area (Å²) in [5.41, 5.74) is 0.749. The lowest BCUT2D eigenvalue weighted by atomic mass is 10.2. The van der Waals surface area contributed by atoms with Crippen molar-refractivity contribution >= 4 is 11.0 Å². The molecule has 4 heteroatoms. The molecular weight excluding hydrogens is 256 g/mol. The summed E-state index contributed by atoms with van der Waals surface area (Å²) in [6.07, 6.45) is 0. The molecule has 0 saturated heterocycles. The normalized spacial score (nSPS) is 10.6. The highest BCUT2D eigenvalue weighted by atomic mass is 16.5. The summed E-state index contributed by atoms with van der Waals surface area (Å²) in [7, 11) is 0. The smallest absolute Gasteiger partial charge is 0.379 e. The Balaban J connectivity index is 1.90. The molecule has 0 aliphatic carbocycles. The summed E-state index contributed by atoms with van der Waals surface area (Å²) in [6, 6.07) is 15.8. The number of ether oxygens (including phenoxy) is 1. The summed E-state index contributed by atoms with van der Waals surface area (Å²) in [5, 5.41) is 10.0. The molecule has 0 spiro atoms. The molecular formula is C16H12O4. The number of aromatic hydroxyl groups is 1. The minimum absolute atomic E-state index is 0.0543. The van der Waals surface area contributed by atoms with Gasteiger partial charge < -0.3 is 14.3 Å². The van der Waals surface area contributed by atoms with E-state index >= 15 is 0 Å². The van der Waals surface area contributed by atoms with Crippen LogP contribution in [-0.4, -0.2) is 5.11 Å². The fourth-order valence-electron chi connectivity index (χ4n) is 1.92. The van der Waals surface area contributed by atoms with Gasteiger partial charge in [-0.15, -0.1) is 0 Å². The van der Waals surface area contributed by atoms with Gasteiger partial charge in [0.05, 0.1) is 0 Å². The first-order valence-electron chi connectivity index (χ1n) is 6.16. The number of hydrogen-bond acceptors (Lipinski definition) is 4. The predicted octanol–water partition coefficient (Wildman–Crippen LogP) is 3.08. The number of phenols is 1. The second kappa shape index (κ2) is 5.09. The third-order valence-electron chi connectivity index (χ3n) is 2.92. The van der Waals surface area contributed by atoms with Crippen molar-refractivity contribution in [3.63, 3.8) is 0 Å². The van der Waals surface area contributed by atoms with Crippen LogP contribution in [0.5, 0.6) is 11.5 Å². The lowest BCUT2D eigenvalue weighted by molar-refractivity contribution is 0.291. The first kappa shape index (κ1) is 12.3. The van der Waals surface area contributed by atoms with Crippen molar-refractivity contribution in [1.29, 1.82) is 0 Å². The van der Waals surface area contributed by atoms with Crippen molar-refractivity contribution in [3.05, 3.63) is 70.6 Å². The van der Waals surface area contributed by atoms with Crippen LogP contribution in [0.3, 0.4) is 0 Å². The van der Waals surface area contributed by atoms with Gasteiger partial charge in [-0.2, -0.15) is 0 Å². The molecule has 0 unspecified atom stereocenters. The summed E-state index contributed by atoms with van der Waals surface area (Å²) in [4.78, 5) is 11.8. The van der Waals surface area contributed by atoms with Crippen molar-refractivity contribution in [2.24, 2.45) is 0 Å². The Morgan fingerprint density at radius 2 is 1.85 bits per heavy atom. The van der Waals surface area contributed by atoms with Crippen molar-refractivity contribution in [2.75, 3.05) is 0 Å². The molecule has 1 N–H and O–H groups in total. The van der Waals surface area contributed by atoms with Crippen LogP contribution in [0.15, 0.2) is 63.8 Å². The maximum Gasteiger partial charge on any atom is 0.379 e. The number of rotatable bonds is 3. The minimum atomic E-state index is -0.556. The van der Waals surface area contributed by atoms with E-state index in [-0.39, 0.29) is 11.5 Å². The first-order chi connectivity index (χ1) is 9.72. The Kier molecular flexibility index (Phi) is 3.13. The number of fused-ring (bicyclic) bond motifs is 1. The molecule has 1 aromatic heterocycles. The van der Waals surface area contributed by atoms with E-state index in [9.17, 15) is 9.90 Å². The Hall–Kier alpha value is -2.75. The third-order valence-corrected chi connectivity index (χ3v) is 2.92.